The molecule has 128 valence electrons. The molecule has 0 amide bonds. The van der Waals surface area contributed by atoms with Gasteiger partial charge < -0.3 is 11.1 Å². The number of benzene rings is 1. The maximum atomic E-state index is 13.6. The summed E-state index contributed by atoms with van der Waals surface area (Å²) in [5.41, 5.74) is 9.79. The van der Waals surface area contributed by atoms with Gasteiger partial charge in [0.2, 0.25) is 0 Å². The summed E-state index contributed by atoms with van der Waals surface area (Å²) < 4.78 is 16.5. The first-order valence-corrected chi connectivity index (χ1v) is 8.77. The Bertz CT molecular complexity index is 1110. The Morgan fingerprint density at radius 2 is 2.08 bits per heavy atom. The number of aromatic nitrogens is 3. The number of nitrogens with zero attached hydrogens (tertiary/aromatic N) is 3. The predicted octanol–water partition coefficient (Wildman–Crippen LogP) is 4.13. The van der Waals surface area contributed by atoms with Crippen LogP contribution in [0.25, 0.3) is 20.4 Å². The molecule has 0 spiro atoms. The van der Waals surface area contributed by atoms with Crippen LogP contribution in [0.1, 0.15) is 16.8 Å². The minimum atomic E-state index is -0.400. The van der Waals surface area contributed by atoms with Crippen LogP contribution in [0.15, 0.2) is 24.3 Å². The Labute approximate surface area is 148 Å². The van der Waals surface area contributed by atoms with Crippen molar-refractivity contribution in [3.05, 3.63) is 46.9 Å². The highest BCUT2D eigenvalue weighted by Gasteiger charge is 2.18. The van der Waals surface area contributed by atoms with E-state index in [2.05, 4.69) is 28.4 Å². The summed E-state index contributed by atoms with van der Waals surface area (Å²) in [6, 6.07) is 6.93. The Hall–Kier alpha value is -2.67. The summed E-state index contributed by atoms with van der Waals surface area (Å²) in [6.07, 6.45) is 0. The molecule has 4 aromatic rings. The summed E-state index contributed by atoms with van der Waals surface area (Å²) in [6.45, 7) is 4.58. The van der Waals surface area contributed by atoms with Gasteiger partial charge in [0.25, 0.3) is 0 Å². The van der Waals surface area contributed by atoms with Crippen molar-refractivity contribution in [2.75, 3.05) is 11.1 Å². The molecule has 0 fully saturated rings. The lowest BCUT2D eigenvalue weighted by atomic mass is 10.1. The first-order valence-electron chi connectivity index (χ1n) is 7.95. The van der Waals surface area contributed by atoms with E-state index in [0.717, 1.165) is 37.5 Å². The summed E-state index contributed by atoms with van der Waals surface area (Å²) in [7, 11) is 1.93. The highest BCUT2D eigenvalue weighted by Crippen LogP contribution is 2.38. The first-order chi connectivity index (χ1) is 11.9. The number of fused-ring (bicyclic) bond motifs is 3. The van der Waals surface area contributed by atoms with Crippen molar-refractivity contribution in [2.24, 2.45) is 7.05 Å². The van der Waals surface area contributed by atoms with Crippen molar-refractivity contribution in [3.8, 4) is 0 Å². The molecule has 5 nitrogen and oxygen atoms in total. The second-order valence-electron chi connectivity index (χ2n) is 6.22. The van der Waals surface area contributed by atoms with Gasteiger partial charge in [0.1, 0.15) is 10.6 Å². The molecule has 0 bridgehead atoms. The number of nitrogens with two attached hydrogens (primary N) is 1. The summed E-state index contributed by atoms with van der Waals surface area (Å²) in [5.74, 6) is 0.386. The van der Waals surface area contributed by atoms with E-state index in [9.17, 15) is 4.39 Å². The molecule has 0 saturated heterocycles. The van der Waals surface area contributed by atoms with Crippen LogP contribution < -0.4 is 11.1 Å². The minimum Gasteiger partial charge on any atom is -0.396 e. The predicted molar refractivity (Wildman–Crippen MR) is 102 cm³/mol. The van der Waals surface area contributed by atoms with E-state index >= 15 is 0 Å². The molecule has 7 heteroatoms. The molecule has 0 atom stereocenters. The number of hydrogen-bond acceptors (Lipinski definition) is 5. The number of thiophene rings is 1. The minimum absolute atomic E-state index is 0.158. The van der Waals surface area contributed by atoms with Gasteiger partial charge in [0.05, 0.1) is 15.9 Å². The number of hydrogen-bond donors (Lipinski definition) is 2. The third-order valence-corrected chi connectivity index (χ3v) is 5.36. The van der Waals surface area contributed by atoms with Gasteiger partial charge in [-0.25, -0.2) is 9.37 Å². The van der Waals surface area contributed by atoms with E-state index in [1.54, 1.807) is 17.4 Å². The van der Waals surface area contributed by atoms with Crippen LogP contribution in [-0.4, -0.2) is 14.8 Å². The van der Waals surface area contributed by atoms with Crippen LogP contribution in [0.2, 0.25) is 0 Å². The lowest BCUT2D eigenvalue weighted by Gasteiger charge is -2.05. The quantitative estimate of drug-likeness (QED) is 0.542. The standard InChI is InChI=1S/C18H18FN5S/c1-9-6-10(2)22-18-14(9)15-16(25-18)17(23-24(15)3)21-8-11-4-5-13(20)12(19)7-11/h4-7H,8,20H2,1-3H3,(H,21,23). The molecule has 3 aromatic heterocycles. The molecule has 3 heterocycles. The van der Waals surface area contributed by atoms with Crippen molar-refractivity contribution < 1.29 is 4.39 Å². The maximum Gasteiger partial charge on any atom is 0.166 e. The van der Waals surface area contributed by atoms with Crippen molar-refractivity contribution in [1.29, 1.82) is 0 Å². The second-order valence-corrected chi connectivity index (χ2v) is 7.22. The van der Waals surface area contributed by atoms with Crippen LogP contribution in [-0.2, 0) is 13.6 Å². The van der Waals surface area contributed by atoms with Gasteiger partial charge >= 0.3 is 0 Å². The average molecular weight is 355 g/mol. The Morgan fingerprint density at radius 3 is 2.84 bits per heavy atom. The van der Waals surface area contributed by atoms with Crippen LogP contribution in [0, 0.1) is 19.7 Å². The highest BCUT2D eigenvalue weighted by atomic mass is 32.1. The summed E-state index contributed by atoms with van der Waals surface area (Å²) >= 11 is 1.63. The normalized spacial score (nSPS) is 11.5. The third-order valence-electron chi connectivity index (χ3n) is 4.28. The van der Waals surface area contributed by atoms with E-state index in [4.69, 9.17) is 5.73 Å². The molecule has 0 aliphatic rings. The monoisotopic (exact) mass is 355 g/mol. The zero-order valence-corrected chi connectivity index (χ0v) is 15.0. The van der Waals surface area contributed by atoms with Gasteiger partial charge in [-0.2, -0.15) is 5.10 Å². The van der Waals surface area contributed by atoms with Crippen molar-refractivity contribution in [2.45, 2.75) is 20.4 Å². The van der Waals surface area contributed by atoms with Gasteiger partial charge in [-0.3, -0.25) is 4.68 Å². The fourth-order valence-electron chi connectivity index (χ4n) is 3.12. The highest BCUT2D eigenvalue weighted by molar-refractivity contribution is 7.26. The molecule has 1 aromatic carbocycles. The van der Waals surface area contributed by atoms with Gasteiger partial charge in [0.15, 0.2) is 5.82 Å². The van der Waals surface area contributed by atoms with E-state index in [1.807, 2.05) is 24.7 Å². The molecule has 0 saturated carbocycles. The molecule has 0 aliphatic carbocycles. The van der Waals surface area contributed by atoms with Crippen molar-refractivity contribution in [3.63, 3.8) is 0 Å². The number of rotatable bonds is 3. The fourth-order valence-corrected chi connectivity index (χ4v) is 4.40. The smallest absolute Gasteiger partial charge is 0.166 e. The van der Waals surface area contributed by atoms with Crippen molar-refractivity contribution >= 4 is 43.3 Å². The second kappa shape index (κ2) is 5.70. The van der Waals surface area contributed by atoms with E-state index in [-0.39, 0.29) is 5.69 Å². The van der Waals surface area contributed by atoms with Crippen LogP contribution in [0.3, 0.4) is 0 Å². The van der Waals surface area contributed by atoms with Gasteiger partial charge in [-0.1, -0.05) is 6.07 Å². The lowest BCUT2D eigenvalue weighted by Crippen LogP contribution is -2.02. The molecule has 3 N–H and O–H groups in total. The lowest BCUT2D eigenvalue weighted by molar-refractivity contribution is 0.630. The summed E-state index contributed by atoms with van der Waals surface area (Å²) in [5, 5.41) is 9.04. The third kappa shape index (κ3) is 2.60. The number of anilines is 2. The largest absolute Gasteiger partial charge is 0.396 e. The fraction of sp³-hybridized carbons (Fsp3) is 0.222. The summed E-state index contributed by atoms with van der Waals surface area (Å²) in [4.78, 5) is 5.67. The number of nitrogen functional groups attached to an aromatic ring is 1. The molecular formula is C18H18FN5S. The van der Waals surface area contributed by atoms with Gasteiger partial charge in [-0.15, -0.1) is 11.3 Å². The first kappa shape index (κ1) is 15.8. The van der Waals surface area contributed by atoms with Crippen LogP contribution in [0.5, 0.6) is 0 Å². The number of aryl methyl sites for hydroxylation is 3. The topological polar surface area (TPSA) is 68.8 Å². The number of pyridine rings is 1. The zero-order valence-electron chi connectivity index (χ0n) is 14.2. The van der Waals surface area contributed by atoms with E-state index in [0.29, 0.717) is 6.54 Å². The molecule has 0 unspecified atom stereocenters. The zero-order chi connectivity index (χ0) is 17.7. The molecule has 0 radical (unpaired) electrons. The maximum absolute atomic E-state index is 13.6. The number of nitrogens with one attached hydrogen (secondary N) is 1. The van der Waals surface area contributed by atoms with Gasteiger partial charge in [0, 0.05) is 24.7 Å². The Kier molecular flexibility index (Phi) is 3.61. The Morgan fingerprint density at radius 1 is 1.28 bits per heavy atom. The molecule has 25 heavy (non-hydrogen) atoms. The SMILES string of the molecule is Cc1cc(C)c2c(n1)sc1c(NCc3ccc(N)c(F)c3)nn(C)c12. The van der Waals surface area contributed by atoms with Crippen LogP contribution in [0.4, 0.5) is 15.9 Å². The molecule has 0 aliphatic heterocycles. The van der Waals surface area contributed by atoms with Gasteiger partial charge in [-0.05, 0) is 43.2 Å². The van der Waals surface area contributed by atoms with E-state index < -0.39 is 5.82 Å². The van der Waals surface area contributed by atoms with E-state index in [1.165, 1.54) is 11.6 Å². The Balaban J connectivity index is 1.75. The molecular weight excluding hydrogens is 337 g/mol. The average Bonchev–Trinajstić information content (AvgIpc) is 3.06. The molecule has 4 rings (SSSR count). The van der Waals surface area contributed by atoms with Crippen molar-refractivity contribution in [1.82, 2.24) is 14.8 Å². The van der Waals surface area contributed by atoms with Crippen LogP contribution >= 0.6 is 11.3 Å². The number of halogens is 1.